The Bertz CT molecular complexity index is 1410. The first-order chi connectivity index (χ1) is 19.0. The van der Waals surface area contributed by atoms with Gasteiger partial charge in [-0.25, -0.2) is 27.8 Å². The highest BCUT2D eigenvalue weighted by atomic mass is 19.1. The van der Waals surface area contributed by atoms with Crippen LogP contribution in [0.1, 0.15) is 43.9 Å². The number of alkyl halides is 2. The van der Waals surface area contributed by atoms with Crippen molar-refractivity contribution in [1.82, 2.24) is 39.2 Å². The molecule has 6 heterocycles. The van der Waals surface area contributed by atoms with Crippen LogP contribution >= 0.6 is 0 Å². The van der Waals surface area contributed by atoms with Gasteiger partial charge in [-0.2, -0.15) is 18.7 Å². The minimum absolute atomic E-state index is 0.0548. The van der Waals surface area contributed by atoms with Crippen LogP contribution < -0.4 is 11.5 Å². The highest BCUT2D eigenvalue weighted by Crippen LogP contribution is 2.40. The molecule has 2 aliphatic heterocycles. The van der Waals surface area contributed by atoms with Crippen molar-refractivity contribution < 1.29 is 37.2 Å². The molecule has 216 valence electrons. The molecule has 2 fully saturated rings. The topological polar surface area (TPSA) is 197 Å². The summed E-state index contributed by atoms with van der Waals surface area (Å²) in [5.41, 5.74) is 11.7. The van der Waals surface area contributed by atoms with Crippen molar-refractivity contribution in [3.8, 4) is 0 Å². The van der Waals surface area contributed by atoms with Crippen LogP contribution in [0.4, 0.5) is 29.2 Å². The van der Waals surface area contributed by atoms with Gasteiger partial charge in [0.2, 0.25) is 0 Å². The second-order valence-electron chi connectivity index (χ2n) is 9.39. The van der Waals surface area contributed by atoms with Gasteiger partial charge in [-0.05, 0) is 6.42 Å². The Morgan fingerprint density at radius 1 is 0.875 bits per heavy atom. The van der Waals surface area contributed by atoms with Gasteiger partial charge in [-0.1, -0.05) is 13.8 Å². The molecule has 0 saturated carbocycles. The van der Waals surface area contributed by atoms with E-state index in [2.05, 4.69) is 30.1 Å². The predicted octanol–water partition coefficient (Wildman–Crippen LogP) is 0.647. The van der Waals surface area contributed by atoms with E-state index in [1.165, 1.54) is 16.9 Å². The van der Waals surface area contributed by atoms with Crippen LogP contribution in [0.5, 0.6) is 0 Å². The van der Waals surface area contributed by atoms with E-state index in [-0.39, 0.29) is 40.6 Å². The number of fused-ring (bicyclic) bond motifs is 2. The molecule has 0 aliphatic carbocycles. The lowest BCUT2D eigenvalue weighted by molar-refractivity contribution is -0.0241. The summed E-state index contributed by atoms with van der Waals surface area (Å²) in [7, 11) is 0. The number of nitrogens with two attached hydrogens (primary N) is 2. The number of imidazole rings is 2. The van der Waals surface area contributed by atoms with Crippen molar-refractivity contribution in [2.24, 2.45) is 5.92 Å². The van der Waals surface area contributed by atoms with Crippen LogP contribution in [0.15, 0.2) is 12.4 Å². The summed E-state index contributed by atoms with van der Waals surface area (Å²) >= 11 is 0. The largest absolute Gasteiger partial charge is 0.394 e. The molecule has 0 radical (unpaired) electrons. The molecule has 40 heavy (non-hydrogen) atoms. The zero-order valence-electron chi connectivity index (χ0n) is 21.1. The molecule has 2 saturated heterocycles. The fourth-order valence-electron chi connectivity index (χ4n) is 4.85. The van der Waals surface area contributed by atoms with E-state index in [4.69, 9.17) is 26.0 Å². The lowest BCUT2D eigenvalue weighted by Gasteiger charge is -2.12. The van der Waals surface area contributed by atoms with Crippen LogP contribution in [-0.2, 0) is 9.47 Å². The SMILES string of the molecule is CC[C@H]1O[C@@H](c2cnc3c(N)nc(F)nn23)[C@H](F)[C@@H]1C.Nc1nc(F)nn2c([C@@H]3O[C@H](CO)[C@@H](O)[C@H]3F)cnc12. The number of hydrogen-bond donors (Lipinski definition) is 4. The van der Waals surface area contributed by atoms with Crippen LogP contribution in [0, 0.1) is 18.1 Å². The Kier molecular flexibility index (Phi) is 7.42. The molecule has 0 unspecified atom stereocenters. The molecule has 0 bridgehead atoms. The van der Waals surface area contributed by atoms with Crippen molar-refractivity contribution in [1.29, 1.82) is 0 Å². The van der Waals surface area contributed by atoms with Gasteiger partial charge >= 0.3 is 12.2 Å². The Hall–Kier alpha value is -3.74. The summed E-state index contributed by atoms with van der Waals surface area (Å²) in [4.78, 5) is 14.6. The standard InChI is InChI=1S/C12H15F2N5O.C10H11F2N5O3/c1-3-7-5(2)8(13)9(20-7)6-4-16-11-10(15)17-12(14)18-19(6)11;11-5-6(19)4(2-18)20-7(5)3-1-14-9-8(13)15-10(12)16-17(3)9/h4-5,7-9H,3H2,1-2H3,(H2,15,17,18);1,4-7,18-19H,2H2,(H2,13,15,16)/t5-,7-,8-,9+;4-,5-,6-,7+/m11/s1. The first kappa shape index (κ1) is 27.8. The van der Waals surface area contributed by atoms with E-state index in [1.807, 2.05) is 6.92 Å². The molecule has 6 N–H and O–H groups in total. The average Bonchev–Trinajstić information content (AvgIpc) is 3.66. The number of nitrogen functional groups attached to an aromatic ring is 2. The Balaban J connectivity index is 0.000000161. The summed E-state index contributed by atoms with van der Waals surface area (Å²) in [6.45, 7) is 3.19. The lowest BCUT2D eigenvalue weighted by Crippen LogP contribution is -2.30. The zero-order chi connectivity index (χ0) is 28.9. The Morgan fingerprint density at radius 2 is 1.35 bits per heavy atom. The molecule has 2 aliphatic rings. The molecule has 4 aromatic heterocycles. The molecular formula is C22H26F4N10O4. The van der Waals surface area contributed by atoms with Crippen molar-refractivity contribution in [3.05, 3.63) is 35.9 Å². The summed E-state index contributed by atoms with van der Waals surface area (Å²) in [5, 5.41) is 25.6. The number of aliphatic hydroxyl groups excluding tert-OH is 2. The van der Waals surface area contributed by atoms with E-state index < -0.39 is 55.5 Å². The molecule has 14 nitrogen and oxygen atoms in total. The van der Waals surface area contributed by atoms with Gasteiger partial charge in [0.05, 0.1) is 36.5 Å². The van der Waals surface area contributed by atoms with E-state index in [1.54, 1.807) is 6.92 Å². The van der Waals surface area contributed by atoms with E-state index in [9.17, 15) is 22.7 Å². The van der Waals surface area contributed by atoms with Crippen LogP contribution in [0.2, 0.25) is 0 Å². The molecule has 0 amide bonds. The molecule has 6 rings (SSSR count). The van der Waals surface area contributed by atoms with Gasteiger partial charge in [0.1, 0.15) is 30.6 Å². The summed E-state index contributed by atoms with van der Waals surface area (Å²) in [6.07, 6.45) is -6.53. The van der Waals surface area contributed by atoms with Gasteiger partial charge in [0.25, 0.3) is 0 Å². The molecular weight excluding hydrogens is 544 g/mol. The van der Waals surface area contributed by atoms with Crippen molar-refractivity contribution >= 4 is 22.9 Å². The van der Waals surface area contributed by atoms with Crippen molar-refractivity contribution in [2.45, 2.75) is 63.1 Å². The molecule has 8 atom stereocenters. The zero-order valence-corrected chi connectivity index (χ0v) is 21.1. The van der Waals surface area contributed by atoms with Crippen LogP contribution in [0.25, 0.3) is 11.3 Å². The van der Waals surface area contributed by atoms with E-state index in [0.29, 0.717) is 12.1 Å². The highest BCUT2D eigenvalue weighted by Gasteiger charge is 2.46. The Labute approximate surface area is 223 Å². The fraction of sp³-hybridized carbons (Fsp3) is 0.545. The van der Waals surface area contributed by atoms with Gasteiger partial charge in [-0.3, -0.25) is 0 Å². The maximum Gasteiger partial charge on any atom is 0.328 e. The highest BCUT2D eigenvalue weighted by molar-refractivity contribution is 5.59. The fourth-order valence-corrected chi connectivity index (χ4v) is 4.85. The monoisotopic (exact) mass is 570 g/mol. The molecule has 18 heteroatoms. The van der Waals surface area contributed by atoms with Crippen LogP contribution in [0.3, 0.4) is 0 Å². The number of nitrogens with zero attached hydrogens (tertiary/aromatic N) is 8. The quantitative estimate of drug-likeness (QED) is 0.250. The smallest absolute Gasteiger partial charge is 0.328 e. The second-order valence-corrected chi connectivity index (χ2v) is 9.39. The third kappa shape index (κ3) is 4.65. The number of ether oxygens (including phenoxy) is 2. The van der Waals surface area contributed by atoms with E-state index in [0.717, 1.165) is 4.52 Å². The van der Waals surface area contributed by atoms with Gasteiger partial charge in [0, 0.05) is 5.92 Å². The summed E-state index contributed by atoms with van der Waals surface area (Å²) < 4.78 is 67.9. The third-order valence-electron chi connectivity index (χ3n) is 6.96. The van der Waals surface area contributed by atoms with Crippen LogP contribution in [-0.4, -0.2) is 86.6 Å². The lowest BCUT2D eigenvalue weighted by atomic mass is 9.97. The van der Waals surface area contributed by atoms with Crippen molar-refractivity contribution in [2.75, 3.05) is 18.1 Å². The minimum Gasteiger partial charge on any atom is -0.394 e. The molecule has 4 aromatic rings. The van der Waals surface area contributed by atoms with Gasteiger partial charge < -0.3 is 31.2 Å². The van der Waals surface area contributed by atoms with E-state index >= 15 is 0 Å². The number of anilines is 2. The minimum atomic E-state index is -1.80. The summed E-state index contributed by atoms with van der Waals surface area (Å²) in [6, 6.07) is 0. The predicted molar refractivity (Wildman–Crippen MR) is 128 cm³/mol. The number of halogens is 4. The first-order valence-electron chi connectivity index (χ1n) is 12.3. The number of aliphatic hydroxyl groups is 2. The van der Waals surface area contributed by atoms with Crippen molar-refractivity contribution in [3.63, 3.8) is 0 Å². The number of aromatic nitrogens is 8. The Morgan fingerprint density at radius 3 is 1.77 bits per heavy atom. The molecule has 0 spiro atoms. The third-order valence-corrected chi connectivity index (χ3v) is 6.96. The number of rotatable bonds is 4. The van der Waals surface area contributed by atoms with Gasteiger partial charge in [-0.15, -0.1) is 10.2 Å². The summed E-state index contributed by atoms with van der Waals surface area (Å²) in [5.74, 6) is -0.520. The maximum atomic E-state index is 14.4. The molecule has 0 aromatic carbocycles. The van der Waals surface area contributed by atoms with Gasteiger partial charge in [0.15, 0.2) is 29.1 Å². The second kappa shape index (κ2) is 10.7. The number of hydrogen-bond acceptors (Lipinski definition) is 12. The normalized spacial score (nSPS) is 30.2. The average molecular weight is 571 g/mol. The first-order valence-corrected chi connectivity index (χ1v) is 12.3. The maximum absolute atomic E-state index is 14.4.